The second-order valence-electron chi connectivity index (χ2n) is 6.24. The first kappa shape index (κ1) is 19.0. The number of nitrogens with zero attached hydrogens (tertiary/aromatic N) is 4. The molecule has 1 N–H and O–H groups in total. The average Bonchev–Trinajstić information content (AvgIpc) is 3.18. The van der Waals surface area contributed by atoms with Crippen molar-refractivity contribution in [1.29, 1.82) is 0 Å². The van der Waals surface area contributed by atoms with E-state index < -0.39 is 11.9 Å². The van der Waals surface area contributed by atoms with Crippen LogP contribution in [0.15, 0.2) is 61.2 Å². The predicted octanol–water partition coefficient (Wildman–Crippen LogP) is 5.73. The van der Waals surface area contributed by atoms with Gasteiger partial charge in [-0.2, -0.15) is 13.2 Å². The van der Waals surface area contributed by atoms with Crippen LogP contribution in [0.5, 0.6) is 0 Å². The average molecular weight is 413 g/mol. The number of anilines is 2. The Kier molecular flexibility index (Phi) is 4.98. The minimum Gasteiger partial charge on any atom is -0.324 e. The van der Waals surface area contributed by atoms with E-state index in [1.54, 1.807) is 18.6 Å². The molecule has 0 radical (unpaired) electrons. The highest BCUT2D eigenvalue weighted by atomic mass is 32.1. The number of benzene rings is 1. The number of hydrogen-bond donors (Lipinski definition) is 1. The summed E-state index contributed by atoms with van der Waals surface area (Å²) in [4.78, 5) is 16.8. The van der Waals surface area contributed by atoms with Crippen LogP contribution in [-0.4, -0.2) is 19.9 Å². The summed E-state index contributed by atoms with van der Waals surface area (Å²) in [6.07, 6.45) is 1.75. The Morgan fingerprint density at radius 1 is 0.931 bits per heavy atom. The minimum absolute atomic E-state index is 0.113. The summed E-state index contributed by atoms with van der Waals surface area (Å²) in [5, 5.41) is 3.72. The zero-order chi connectivity index (χ0) is 20.4. The summed E-state index contributed by atoms with van der Waals surface area (Å²) >= 11 is 1.52. The normalized spacial score (nSPS) is 11.4. The lowest BCUT2D eigenvalue weighted by Gasteiger charge is -2.10. The van der Waals surface area contributed by atoms with Gasteiger partial charge >= 0.3 is 6.18 Å². The van der Waals surface area contributed by atoms with Crippen LogP contribution in [0.2, 0.25) is 0 Å². The smallest absolute Gasteiger partial charge is 0.324 e. The lowest BCUT2D eigenvalue weighted by Crippen LogP contribution is -2.10. The highest BCUT2D eigenvalue weighted by Gasteiger charge is 2.32. The first-order valence-corrected chi connectivity index (χ1v) is 9.36. The van der Waals surface area contributed by atoms with Gasteiger partial charge in [0.05, 0.1) is 4.88 Å². The first-order chi connectivity index (χ1) is 13.9. The molecular weight excluding hydrogens is 399 g/mol. The van der Waals surface area contributed by atoms with Gasteiger partial charge < -0.3 is 5.32 Å². The van der Waals surface area contributed by atoms with Crippen molar-refractivity contribution in [3.05, 3.63) is 72.4 Å². The van der Waals surface area contributed by atoms with Crippen molar-refractivity contribution in [3.63, 3.8) is 0 Å². The fourth-order valence-corrected chi connectivity index (χ4v) is 3.65. The summed E-state index contributed by atoms with van der Waals surface area (Å²) in [6.45, 7) is 1.91. The van der Waals surface area contributed by atoms with Crippen molar-refractivity contribution in [1.82, 2.24) is 19.9 Å². The van der Waals surface area contributed by atoms with Gasteiger partial charge in [-0.3, -0.25) is 4.98 Å². The Labute approximate surface area is 168 Å². The fraction of sp³-hybridized carbons (Fsp3) is 0.100. The number of thiazole rings is 1. The third kappa shape index (κ3) is 4.40. The summed E-state index contributed by atoms with van der Waals surface area (Å²) in [5.74, 6) is -0.113. The van der Waals surface area contributed by atoms with E-state index in [4.69, 9.17) is 0 Å². The fourth-order valence-electron chi connectivity index (χ4n) is 2.74. The molecule has 3 aromatic heterocycles. The molecule has 0 saturated heterocycles. The van der Waals surface area contributed by atoms with Gasteiger partial charge in [0.25, 0.3) is 0 Å². The van der Waals surface area contributed by atoms with E-state index >= 15 is 0 Å². The van der Waals surface area contributed by atoms with Crippen LogP contribution in [0.1, 0.15) is 11.3 Å². The van der Waals surface area contributed by atoms with Crippen LogP contribution >= 0.6 is 11.3 Å². The van der Waals surface area contributed by atoms with Gasteiger partial charge in [0, 0.05) is 36.0 Å². The van der Waals surface area contributed by atoms with Crippen LogP contribution < -0.4 is 5.32 Å². The van der Waals surface area contributed by atoms with Crippen molar-refractivity contribution in [2.45, 2.75) is 13.1 Å². The second kappa shape index (κ2) is 7.59. The molecule has 1 aromatic carbocycles. The maximum absolute atomic E-state index is 12.9. The Balaban J connectivity index is 1.63. The SMILES string of the molecule is Cc1cc(Nc2nccc(C(F)(F)F)n2)cc(-c2cnc(-c3ccncc3)s2)c1. The molecule has 0 aliphatic rings. The lowest BCUT2D eigenvalue weighted by molar-refractivity contribution is -0.141. The molecule has 4 rings (SSSR count). The summed E-state index contributed by atoms with van der Waals surface area (Å²) in [6, 6.07) is 10.2. The molecule has 5 nitrogen and oxygen atoms in total. The largest absolute Gasteiger partial charge is 0.433 e. The van der Waals surface area contributed by atoms with Crippen LogP contribution in [0, 0.1) is 6.92 Å². The van der Waals surface area contributed by atoms with Crippen molar-refractivity contribution in [3.8, 4) is 21.0 Å². The number of aryl methyl sites for hydroxylation is 1. The molecule has 146 valence electrons. The first-order valence-electron chi connectivity index (χ1n) is 8.54. The summed E-state index contributed by atoms with van der Waals surface area (Å²) in [7, 11) is 0. The number of pyridine rings is 1. The number of nitrogens with one attached hydrogen (secondary N) is 1. The zero-order valence-corrected chi connectivity index (χ0v) is 15.9. The van der Waals surface area contributed by atoms with Gasteiger partial charge in [0.1, 0.15) is 10.7 Å². The van der Waals surface area contributed by atoms with E-state index in [9.17, 15) is 13.2 Å². The topological polar surface area (TPSA) is 63.6 Å². The Morgan fingerprint density at radius 3 is 2.48 bits per heavy atom. The zero-order valence-electron chi connectivity index (χ0n) is 15.1. The molecule has 9 heteroatoms. The highest BCUT2D eigenvalue weighted by Crippen LogP contribution is 2.34. The molecular formula is C20H14F3N5S. The van der Waals surface area contributed by atoms with E-state index in [0.717, 1.165) is 38.8 Å². The molecule has 4 aromatic rings. The third-order valence-corrected chi connectivity index (χ3v) is 5.09. The maximum Gasteiger partial charge on any atom is 0.433 e. The standard InChI is InChI=1S/C20H14F3N5S/c1-12-8-14(16-11-26-18(29-16)13-2-5-24-6-3-13)10-15(9-12)27-19-25-7-4-17(28-19)20(21,22)23/h2-11H,1H3,(H,25,27,28). The van der Waals surface area contributed by atoms with Gasteiger partial charge in [0.2, 0.25) is 5.95 Å². The molecule has 29 heavy (non-hydrogen) atoms. The number of hydrogen-bond acceptors (Lipinski definition) is 6. The van der Waals surface area contributed by atoms with Gasteiger partial charge in [-0.1, -0.05) is 6.07 Å². The molecule has 0 fully saturated rings. The van der Waals surface area contributed by atoms with Crippen molar-refractivity contribution in [2.24, 2.45) is 0 Å². The van der Waals surface area contributed by atoms with Crippen LogP contribution in [0.25, 0.3) is 21.0 Å². The molecule has 3 heterocycles. The van der Waals surface area contributed by atoms with Crippen molar-refractivity contribution >= 4 is 23.0 Å². The molecule has 0 amide bonds. The van der Waals surface area contributed by atoms with E-state index in [0.29, 0.717) is 5.69 Å². The van der Waals surface area contributed by atoms with E-state index in [1.807, 2.05) is 37.3 Å². The highest BCUT2D eigenvalue weighted by molar-refractivity contribution is 7.18. The number of rotatable bonds is 4. The van der Waals surface area contributed by atoms with E-state index in [-0.39, 0.29) is 5.95 Å². The third-order valence-electron chi connectivity index (χ3n) is 4.00. The van der Waals surface area contributed by atoms with Gasteiger partial charge in [-0.25, -0.2) is 15.0 Å². The van der Waals surface area contributed by atoms with Crippen LogP contribution in [0.3, 0.4) is 0 Å². The Bertz CT molecular complexity index is 1140. The number of alkyl halides is 3. The number of halogens is 3. The van der Waals surface area contributed by atoms with Crippen LogP contribution in [-0.2, 0) is 6.18 Å². The second-order valence-corrected chi connectivity index (χ2v) is 7.27. The maximum atomic E-state index is 12.9. The summed E-state index contributed by atoms with van der Waals surface area (Å²) in [5.41, 5.74) is 2.42. The lowest BCUT2D eigenvalue weighted by atomic mass is 10.1. The molecule has 0 atom stereocenters. The monoisotopic (exact) mass is 413 g/mol. The van der Waals surface area contributed by atoms with E-state index in [2.05, 4.69) is 25.3 Å². The summed E-state index contributed by atoms with van der Waals surface area (Å²) < 4.78 is 38.6. The molecule has 0 saturated carbocycles. The molecule has 0 unspecified atom stereocenters. The molecule has 0 aliphatic heterocycles. The van der Waals surface area contributed by atoms with Crippen molar-refractivity contribution in [2.75, 3.05) is 5.32 Å². The van der Waals surface area contributed by atoms with Gasteiger partial charge in [-0.15, -0.1) is 11.3 Å². The molecule has 0 spiro atoms. The Hall–Kier alpha value is -3.33. The molecule has 0 aliphatic carbocycles. The molecule has 0 bridgehead atoms. The number of aromatic nitrogens is 4. The predicted molar refractivity (Wildman–Crippen MR) is 106 cm³/mol. The van der Waals surface area contributed by atoms with Gasteiger partial charge in [-0.05, 0) is 48.4 Å². The van der Waals surface area contributed by atoms with E-state index in [1.165, 1.54) is 11.3 Å². The Morgan fingerprint density at radius 2 is 1.72 bits per heavy atom. The minimum atomic E-state index is -4.52. The van der Waals surface area contributed by atoms with Crippen LogP contribution in [0.4, 0.5) is 24.8 Å². The quantitative estimate of drug-likeness (QED) is 0.463. The van der Waals surface area contributed by atoms with Crippen molar-refractivity contribution < 1.29 is 13.2 Å². The van der Waals surface area contributed by atoms with Gasteiger partial charge in [0.15, 0.2) is 0 Å².